The number of anilines is 3. The second-order valence-corrected chi connectivity index (χ2v) is 13.0. The van der Waals surface area contributed by atoms with Crippen molar-refractivity contribution in [2.45, 2.75) is 5.41 Å². The Morgan fingerprint density at radius 1 is 0.393 bits per heavy atom. The topological polar surface area (TPSA) is 16.4 Å². The van der Waals surface area contributed by atoms with Crippen LogP contribution >= 0.6 is 0 Å². The van der Waals surface area contributed by atoms with Crippen molar-refractivity contribution in [1.29, 1.82) is 0 Å². The number of para-hydroxylation sites is 1. The van der Waals surface area contributed by atoms with Crippen LogP contribution in [0.4, 0.5) is 17.1 Å². The first-order valence-electron chi connectivity index (χ1n) is 37.3. The summed E-state index contributed by atoms with van der Waals surface area (Å²) < 4.78 is 373. The van der Waals surface area contributed by atoms with Gasteiger partial charge >= 0.3 is 0 Å². The summed E-state index contributed by atoms with van der Waals surface area (Å²) in [7, 11) is 0. The molecule has 10 aromatic carbocycles. The molecule has 61 heavy (non-hydrogen) atoms. The summed E-state index contributed by atoms with van der Waals surface area (Å²) in [6, 6.07) is -49.0. The van der Waals surface area contributed by atoms with Crippen LogP contribution in [0.1, 0.15) is 75.7 Å². The third-order valence-corrected chi connectivity index (χ3v) is 9.93. The third-order valence-electron chi connectivity index (χ3n) is 9.93. The molecule has 2 heteroatoms. The minimum absolute atomic E-state index is 0.222. The predicted molar refractivity (Wildman–Crippen MR) is 254 cm³/mol. The normalized spacial score (nSPS) is 21.7. The van der Waals surface area contributed by atoms with E-state index in [4.69, 9.17) is 30.5 Å². The molecule has 1 aliphatic rings. The lowest BCUT2D eigenvalue weighted by Gasteiger charge is -2.35. The number of benzene rings is 10. The van der Waals surface area contributed by atoms with Gasteiger partial charge < -0.3 is 9.32 Å². The molecular weight excluding hydrogens is 739 g/mol. The van der Waals surface area contributed by atoms with Crippen LogP contribution in [0.2, 0.25) is 0 Å². The van der Waals surface area contributed by atoms with E-state index in [2.05, 4.69) is 0 Å². The Kier molecular flexibility index (Phi) is 3.13. The number of furan rings is 1. The van der Waals surface area contributed by atoms with Gasteiger partial charge in [-0.15, -0.1) is 0 Å². The van der Waals surface area contributed by atoms with E-state index in [1.54, 1.807) is 0 Å². The fraction of sp³-hybridized carbons (Fsp3) is 0.0169. The average Bonchev–Trinajstić information content (AvgIpc) is 1.47. The molecule has 0 aliphatic heterocycles. The van der Waals surface area contributed by atoms with E-state index >= 15 is 0 Å². The molecule has 12 rings (SSSR count). The number of nitrogens with zero attached hydrogens (tertiary/aromatic N) is 1. The zero-order chi connectivity index (χ0) is 74.3. The maximum atomic E-state index is 11.1. The first kappa shape index (κ1) is 13.5. The molecule has 1 heterocycles. The maximum Gasteiger partial charge on any atom is 0.160 e. The zero-order valence-corrected chi connectivity index (χ0v) is 30.4. The van der Waals surface area contributed by atoms with Gasteiger partial charge in [-0.25, -0.2) is 0 Å². The first-order chi connectivity index (χ1) is 46.5. The number of fused-ring (bicyclic) bond motifs is 8. The standard InChI is InChI=1S/C59H39NO/c1-5-19-40(20-6-1)42-33-36-54(51(37-42)41-21-7-2-8-22-41)60(55-38-43-23-13-14-28-47(43)57-50-30-16-18-32-56(50)61-58(55)57)46-34-35-49-48-29-15-17-31-52(48)59(53(49)39-46,44-24-9-3-10-25-44)45-26-11-4-12-27-45/h1-39H/i1D,2D,3D,4D,5D,6D,7D,8D,9D,10D,11D,12D,13D,14D,15D,16D,17D,18D,19D,20D,21D,22D,23D,24D,25D,26D,27D,28D,29D,30D,31D,32D,33D,34D,35D,36D,37D,38D,39D. The van der Waals surface area contributed by atoms with E-state index in [1.165, 1.54) is 0 Å². The number of hydrogen-bond donors (Lipinski definition) is 0. The van der Waals surface area contributed by atoms with Gasteiger partial charge in [-0.2, -0.15) is 0 Å². The molecule has 11 aromatic rings. The second kappa shape index (κ2) is 14.1. The smallest absolute Gasteiger partial charge is 0.160 e. The summed E-state index contributed by atoms with van der Waals surface area (Å²) in [5, 5.41) is -3.37. The third kappa shape index (κ3) is 5.43. The van der Waals surface area contributed by atoms with Crippen molar-refractivity contribution >= 4 is 49.8 Å². The van der Waals surface area contributed by atoms with E-state index < -0.39 is 346 Å². The monoisotopic (exact) mass is 817 g/mol. The highest BCUT2D eigenvalue weighted by molar-refractivity contribution is 6.23. The lowest BCUT2D eigenvalue weighted by Crippen LogP contribution is -2.28. The highest BCUT2D eigenvalue weighted by Gasteiger charge is 2.46. The van der Waals surface area contributed by atoms with Crippen molar-refractivity contribution in [1.82, 2.24) is 0 Å². The molecule has 0 saturated carbocycles. The zero-order valence-electron chi connectivity index (χ0n) is 69.4. The molecule has 0 spiro atoms. The van der Waals surface area contributed by atoms with Gasteiger partial charge in [-0.3, -0.25) is 0 Å². The Bertz CT molecular complexity index is 5550. The second-order valence-electron chi connectivity index (χ2n) is 13.0. The SMILES string of the molecule is [2H]c1c([2H])c([2H])c(-c2c([2H])c([2H])c(N(c3c([2H])c([2H])c4c(c3[2H])C(c3c([2H])c([2H])c([2H])c([2H])c3[2H])(c3c([2H])c([2H])c([2H])c([2H])c3[2H])c3c([2H])c([2H])c([2H])c([2H])c3-4)c3c([2H])c4c([2H])c([2H])c([2H])c([2H])c4c4c3oc3c([2H])c([2H])c([2H])c([2H])c34)c(-c3c([2H])c([2H])c([2H])c([2H])c3[2H])c2[2H])c([2H])c1[2H]. The van der Waals surface area contributed by atoms with Gasteiger partial charge in [0.2, 0.25) is 0 Å². The average molecular weight is 817 g/mol. The van der Waals surface area contributed by atoms with Gasteiger partial charge in [0, 0.05) is 22.0 Å². The van der Waals surface area contributed by atoms with Crippen molar-refractivity contribution in [3.8, 4) is 33.4 Å². The Balaban J connectivity index is 1.50. The highest BCUT2D eigenvalue weighted by atomic mass is 16.3. The molecule has 1 aromatic heterocycles. The molecule has 0 bridgehead atoms. The van der Waals surface area contributed by atoms with Crippen molar-refractivity contribution in [3.63, 3.8) is 0 Å². The van der Waals surface area contributed by atoms with Crippen molar-refractivity contribution in [2.75, 3.05) is 4.90 Å². The Labute approximate surface area is 410 Å². The van der Waals surface area contributed by atoms with Gasteiger partial charge in [-0.05, 0) is 97.1 Å². The molecule has 2 nitrogen and oxygen atoms in total. The van der Waals surface area contributed by atoms with Crippen LogP contribution in [0.5, 0.6) is 0 Å². The fourth-order valence-corrected chi connectivity index (χ4v) is 7.49. The molecule has 0 N–H and O–H groups in total. The highest BCUT2D eigenvalue weighted by Crippen LogP contribution is 2.58. The van der Waals surface area contributed by atoms with E-state index in [-0.39, 0.29) is 4.90 Å². The summed E-state index contributed by atoms with van der Waals surface area (Å²) in [5.41, 5.74) is -21.9. The quantitative estimate of drug-likeness (QED) is 0.159. The molecule has 0 atom stereocenters. The van der Waals surface area contributed by atoms with Crippen molar-refractivity contribution < 1.29 is 57.9 Å². The van der Waals surface area contributed by atoms with E-state index in [1.807, 2.05) is 0 Å². The number of rotatable bonds is 7. The Hall–Kier alpha value is -7.94. The van der Waals surface area contributed by atoms with Gasteiger partial charge in [0.05, 0.1) is 70.2 Å². The van der Waals surface area contributed by atoms with Crippen LogP contribution < -0.4 is 4.90 Å². The van der Waals surface area contributed by atoms with Crippen LogP contribution in [-0.2, 0) is 5.41 Å². The summed E-state index contributed by atoms with van der Waals surface area (Å²) in [6.07, 6.45) is 0. The van der Waals surface area contributed by atoms with Crippen molar-refractivity contribution in [3.05, 3.63) is 258 Å². The van der Waals surface area contributed by atoms with E-state index in [0.29, 0.717) is 0 Å². The molecular formula is C59H39NO. The Morgan fingerprint density at radius 3 is 1.72 bits per heavy atom. The minimum Gasteiger partial charge on any atom is -0.454 e. The van der Waals surface area contributed by atoms with Crippen LogP contribution in [0, 0.1) is 0 Å². The molecule has 0 radical (unpaired) electrons. The Morgan fingerprint density at radius 2 is 0.984 bits per heavy atom. The lowest BCUT2D eigenvalue weighted by molar-refractivity contribution is 0.669. The maximum absolute atomic E-state index is 11.1. The van der Waals surface area contributed by atoms with Gasteiger partial charge in [0.15, 0.2) is 5.58 Å². The summed E-state index contributed by atoms with van der Waals surface area (Å²) in [4.78, 5) is 0.222. The van der Waals surface area contributed by atoms with Gasteiger partial charge in [-0.1, -0.05) is 199 Å². The van der Waals surface area contributed by atoms with Crippen LogP contribution in [0.25, 0.3) is 66.1 Å². The molecule has 0 saturated heterocycles. The first-order valence-corrected chi connectivity index (χ1v) is 17.8. The largest absolute Gasteiger partial charge is 0.454 e. The summed E-state index contributed by atoms with van der Waals surface area (Å²) in [5.74, 6) is 0. The van der Waals surface area contributed by atoms with Crippen LogP contribution in [0.3, 0.4) is 0 Å². The predicted octanol–water partition coefficient (Wildman–Crippen LogP) is 15.9. The van der Waals surface area contributed by atoms with Gasteiger partial charge in [0.1, 0.15) is 5.58 Å². The van der Waals surface area contributed by atoms with E-state index in [0.717, 1.165) is 0 Å². The molecule has 1 aliphatic carbocycles. The molecule has 0 unspecified atom stereocenters. The van der Waals surface area contributed by atoms with Gasteiger partial charge in [0.25, 0.3) is 0 Å². The minimum atomic E-state index is -3.66. The molecule has 0 fully saturated rings. The fourth-order valence-electron chi connectivity index (χ4n) is 7.49. The van der Waals surface area contributed by atoms with Crippen molar-refractivity contribution in [2.24, 2.45) is 0 Å². The summed E-state index contributed by atoms with van der Waals surface area (Å²) >= 11 is 0. The lowest BCUT2D eigenvalue weighted by atomic mass is 9.67. The van der Waals surface area contributed by atoms with Crippen LogP contribution in [0.15, 0.2) is 240 Å². The summed E-state index contributed by atoms with van der Waals surface area (Å²) in [6.45, 7) is 0. The van der Waals surface area contributed by atoms with E-state index in [9.17, 15) is 27.4 Å². The molecule has 286 valence electrons. The number of hydrogen-bond acceptors (Lipinski definition) is 2. The van der Waals surface area contributed by atoms with Crippen LogP contribution in [-0.4, -0.2) is 0 Å². The molecule has 0 amide bonds.